The van der Waals surface area contributed by atoms with Crippen LogP contribution in [0.1, 0.15) is 29.8 Å². The Kier molecular flexibility index (Phi) is 5.56. The first-order valence-electron chi connectivity index (χ1n) is 5.80. The number of thioether (sulfide) groups is 1. The van der Waals surface area contributed by atoms with Crippen molar-refractivity contribution in [2.75, 3.05) is 18.6 Å². The highest BCUT2D eigenvalue weighted by Gasteiger charge is 2.12. The maximum absolute atomic E-state index is 12.0. The third-order valence-corrected chi connectivity index (χ3v) is 3.71. The average molecular weight is 252 g/mol. The largest absolute Gasteiger partial charge is 0.496 e. The quantitative estimate of drug-likeness (QED) is 0.724. The van der Waals surface area contributed by atoms with Crippen molar-refractivity contribution in [3.8, 4) is 5.75 Å². The molecule has 0 aromatic heterocycles. The van der Waals surface area contributed by atoms with Gasteiger partial charge in [0, 0.05) is 0 Å². The van der Waals surface area contributed by atoms with E-state index in [-0.39, 0.29) is 5.78 Å². The summed E-state index contributed by atoms with van der Waals surface area (Å²) in [4.78, 5) is 12.0. The molecule has 3 heteroatoms. The van der Waals surface area contributed by atoms with Gasteiger partial charge in [0.1, 0.15) is 5.75 Å². The summed E-state index contributed by atoms with van der Waals surface area (Å²) in [6.07, 6.45) is 0. The van der Waals surface area contributed by atoms with Crippen LogP contribution in [-0.4, -0.2) is 24.4 Å². The fourth-order valence-corrected chi connectivity index (χ4v) is 2.42. The number of aryl methyl sites for hydroxylation is 1. The molecule has 0 aliphatic carbocycles. The summed E-state index contributed by atoms with van der Waals surface area (Å²) in [5.41, 5.74) is 1.79. The lowest BCUT2D eigenvalue weighted by Gasteiger charge is -2.09. The van der Waals surface area contributed by atoms with Crippen molar-refractivity contribution in [2.45, 2.75) is 20.8 Å². The van der Waals surface area contributed by atoms with Crippen LogP contribution in [-0.2, 0) is 0 Å². The molecule has 0 aliphatic heterocycles. The molecular weight excluding hydrogens is 232 g/mol. The standard InChI is InChI=1S/C14H20O2S/c1-10(2)8-17-9-13(15)12-6-5-11(3)7-14(12)16-4/h5-7,10H,8-9H2,1-4H3. The summed E-state index contributed by atoms with van der Waals surface area (Å²) >= 11 is 1.68. The maximum Gasteiger partial charge on any atom is 0.176 e. The average Bonchev–Trinajstić information content (AvgIpc) is 2.28. The Morgan fingerprint density at radius 2 is 2.12 bits per heavy atom. The molecule has 0 saturated heterocycles. The summed E-state index contributed by atoms with van der Waals surface area (Å²) < 4.78 is 5.24. The lowest BCUT2D eigenvalue weighted by atomic mass is 10.1. The lowest BCUT2D eigenvalue weighted by molar-refractivity contribution is 0.101. The van der Waals surface area contributed by atoms with Gasteiger partial charge in [-0.25, -0.2) is 0 Å². The van der Waals surface area contributed by atoms with Gasteiger partial charge in [-0.3, -0.25) is 4.79 Å². The zero-order valence-electron chi connectivity index (χ0n) is 10.9. The van der Waals surface area contributed by atoms with E-state index >= 15 is 0 Å². The van der Waals surface area contributed by atoms with E-state index in [4.69, 9.17) is 4.74 Å². The van der Waals surface area contributed by atoms with Gasteiger partial charge in [0.05, 0.1) is 18.4 Å². The minimum Gasteiger partial charge on any atom is -0.496 e. The second kappa shape index (κ2) is 6.70. The fourth-order valence-electron chi connectivity index (χ4n) is 1.49. The molecule has 1 rings (SSSR count). The Hall–Kier alpha value is -0.960. The summed E-state index contributed by atoms with van der Waals surface area (Å²) in [5, 5.41) is 0. The Morgan fingerprint density at radius 3 is 2.71 bits per heavy atom. The predicted molar refractivity (Wildman–Crippen MR) is 74.2 cm³/mol. The molecular formula is C14H20O2S. The van der Waals surface area contributed by atoms with Gasteiger partial charge in [0.2, 0.25) is 0 Å². The smallest absolute Gasteiger partial charge is 0.176 e. The van der Waals surface area contributed by atoms with Crippen LogP contribution in [0.3, 0.4) is 0 Å². The Balaban J connectivity index is 2.68. The number of ether oxygens (including phenoxy) is 1. The highest BCUT2D eigenvalue weighted by molar-refractivity contribution is 7.99. The molecule has 0 radical (unpaired) electrons. The molecule has 1 aromatic carbocycles. The highest BCUT2D eigenvalue weighted by Crippen LogP contribution is 2.22. The summed E-state index contributed by atoms with van der Waals surface area (Å²) in [5.74, 6) is 2.98. The van der Waals surface area contributed by atoms with Crippen molar-refractivity contribution in [2.24, 2.45) is 5.92 Å². The van der Waals surface area contributed by atoms with Crippen LogP contribution in [0.15, 0.2) is 18.2 Å². The van der Waals surface area contributed by atoms with E-state index in [0.717, 1.165) is 11.3 Å². The topological polar surface area (TPSA) is 26.3 Å². The summed E-state index contributed by atoms with van der Waals surface area (Å²) in [6.45, 7) is 6.30. The second-order valence-electron chi connectivity index (χ2n) is 4.54. The first kappa shape index (κ1) is 14.1. The van der Waals surface area contributed by atoms with Crippen molar-refractivity contribution in [3.63, 3.8) is 0 Å². The first-order chi connectivity index (χ1) is 8.04. The number of hydrogen-bond donors (Lipinski definition) is 0. The molecule has 0 amide bonds. The molecule has 1 aromatic rings. The lowest BCUT2D eigenvalue weighted by Crippen LogP contribution is -2.06. The molecule has 0 N–H and O–H groups in total. The fraction of sp³-hybridized carbons (Fsp3) is 0.500. The van der Waals surface area contributed by atoms with Crippen LogP contribution in [0.4, 0.5) is 0 Å². The van der Waals surface area contributed by atoms with Crippen molar-refractivity contribution in [3.05, 3.63) is 29.3 Å². The summed E-state index contributed by atoms with van der Waals surface area (Å²) in [6, 6.07) is 5.70. The van der Waals surface area contributed by atoms with Crippen molar-refractivity contribution < 1.29 is 9.53 Å². The van der Waals surface area contributed by atoms with Gasteiger partial charge in [-0.05, 0) is 36.3 Å². The third-order valence-electron chi connectivity index (χ3n) is 2.34. The van der Waals surface area contributed by atoms with Crippen LogP contribution in [0.2, 0.25) is 0 Å². The van der Waals surface area contributed by atoms with Gasteiger partial charge >= 0.3 is 0 Å². The Bertz CT molecular complexity index is 386. The van der Waals surface area contributed by atoms with E-state index in [1.165, 1.54) is 0 Å². The number of ketones is 1. The maximum atomic E-state index is 12.0. The molecule has 0 bridgehead atoms. The third kappa shape index (κ3) is 4.43. The Labute approximate surface area is 108 Å². The molecule has 0 unspecified atom stereocenters. The van der Waals surface area contributed by atoms with Crippen LogP contribution >= 0.6 is 11.8 Å². The predicted octanol–water partition coefficient (Wildman–Crippen LogP) is 3.58. The van der Waals surface area contributed by atoms with Crippen molar-refractivity contribution in [1.29, 1.82) is 0 Å². The molecule has 0 aliphatic rings. The number of methoxy groups -OCH3 is 1. The second-order valence-corrected chi connectivity index (χ2v) is 5.57. The van der Waals surface area contributed by atoms with Gasteiger partial charge in [-0.1, -0.05) is 19.9 Å². The minimum atomic E-state index is 0.146. The highest BCUT2D eigenvalue weighted by atomic mass is 32.2. The normalized spacial score (nSPS) is 10.6. The number of benzene rings is 1. The van der Waals surface area contributed by atoms with E-state index in [9.17, 15) is 4.79 Å². The van der Waals surface area contributed by atoms with E-state index in [1.807, 2.05) is 25.1 Å². The number of carbonyl (C=O) groups is 1. The van der Waals surface area contributed by atoms with E-state index < -0.39 is 0 Å². The van der Waals surface area contributed by atoms with Gasteiger partial charge < -0.3 is 4.74 Å². The van der Waals surface area contributed by atoms with Crippen LogP contribution < -0.4 is 4.74 Å². The number of hydrogen-bond acceptors (Lipinski definition) is 3. The van der Waals surface area contributed by atoms with E-state index in [2.05, 4.69) is 13.8 Å². The van der Waals surface area contributed by atoms with Crippen molar-refractivity contribution in [1.82, 2.24) is 0 Å². The van der Waals surface area contributed by atoms with Crippen LogP contribution in [0.5, 0.6) is 5.75 Å². The summed E-state index contributed by atoms with van der Waals surface area (Å²) in [7, 11) is 1.60. The molecule has 0 fully saturated rings. The van der Waals surface area contributed by atoms with E-state index in [1.54, 1.807) is 18.9 Å². The number of carbonyl (C=O) groups excluding carboxylic acids is 1. The van der Waals surface area contributed by atoms with E-state index in [0.29, 0.717) is 23.0 Å². The monoisotopic (exact) mass is 252 g/mol. The van der Waals surface area contributed by atoms with Gasteiger partial charge in [-0.15, -0.1) is 0 Å². The van der Waals surface area contributed by atoms with Gasteiger partial charge in [0.25, 0.3) is 0 Å². The zero-order chi connectivity index (χ0) is 12.8. The molecule has 17 heavy (non-hydrogen) atoms. The SMILES string of the molecule is COc1cc(C)ccc1C(=O)CSCC(C)C. The molecule has 0 spiro atoms. The molecule has 94 valence electrons. The first-order valence-corrected chi connectivity index (χ1v) is 6.95. The minimum absolute atomic E-state index is 0.146. The number of Topliss-reactive ketones (excluding diaryl/α,β-unsaturated/α-hetero) is 1. The number of rotatable bonds is 6. The molecule has 2 nitrogen and oxygen atoms in total. The molecule has 0 heterocycles. The molecule has 0 atom stereocenters. The Morgan fingerprint density at radius 1 is 1.41 bits per heavy atom. The van der Waals surface area contributed by atoms with Crippen LogP contribution in [0.25, 0.3) is 0 Å². The zero-order valence-corrected chi connectivity index (χ0v) is 11.8. The van der Waals surface area contributed by atoms with Crippen molar-refractivity contribution >= 4 is 17.5 Å². The van der Waals surface area contributed by atoms with Crippen LogP contribution in [0, 0.1) is 12.8 Å². The van der Waals surface area contributed by atoms with Gasteiger partial charge in [-0.2, -0.15) is 11.8 Å². The van der Waals surface area contributed by atoms with Gasteiger partial charge in [0.15, 0.2) is 5.78 Å². The molecule has 0 saturated carbocycles.